The Labute approximate surface area is 188 Å². The van der Waals surface area contributed by atoms with Crippen molar-refractivity contribution in [1.82, 2.24) is 20.2 Å². The molecule has 0 aliphatic carbocycles. The summed E-state index contributed by atoms with van der Waals surface area (Å²) in [5, 5.41) is 14.3. The maximum Gasteiger partial charge on any atom is 0.226 e. The van der Waals surface area contributed by atoms with Gasteiger partial charge in [0.15, 0.2) is 0 Å². The molecule has 4 rings (SSSR count). The highest BCUT2D eigenvalue weighted by molar-refractivity contribution is 5.83. The standard InChI is InChI=1S/C24H32FN5O2/c1-29-12-7-23(8-13-29,15-19-4-2-5-20(25)14-19)22(31)28-17-24(32)6-3-11-30(18-24)21-16-26-9-10-27-21/h2,4-5,9-10,14,16,32H,3,6-8,11-13,15,17-18H2,1H3,(H,28,31)/t24-/m0/s1. The summed E-state index contributed by atoms with van der Waals surface area (Å²) in [6.45, 7) is 3.00. The van der Waals surface area contributed by atoms with Crippen LogP contribution in [-0.4, -0.2) is 71.3 Å². The van der Waals surface area contributed by atoms with Gasteiger partial charge in [0.2, 0.25) is 5.91 Å². The molecule has 1 amide bonds. The fraction of sp³-hybridized carbons (Fsp3) is 0.542. The minimum absolute atomic E-state index is 0.0556. The number of aliphatic hydroxyl groups is 1. The van der Waals surface area contributed by atoms with Crippen LogP contribution in [0.1, 0.15) is 31.2 Å². The lowest BCUT2D eigenvalue weighted by molar-refractivity contribution is -0.135. The van der Waals surface area contributed by atoms with E-state index in [2.05, 4.69) is 27.2 Å². The molecule has 0 spiro atoms. The number of piperidine rings is 2. The third kappa shape index (κ3) is 5.24. The second-order valence-electron chi connectivity index (χ2n) is 9.39. The van der Waals surface area contributed by atoms with Crippen LogP contribution >= 0.6 is 0 Å². The molecule has 7 nitrogen and oxygen atoms in total. The maximum absolute atomic E-state index is 13.8. The predicted octanol–water partition coefficient (Wildman–Crippen LogP) is 2.02. The molecule has 2 aliphatic rings. The molecule has 1 aromatic carbocycles. The normalized spacial score (nSPS) is 23.7. The minimum atomic E-state index is -1.03. The number of halogens is 1. The molecule has 0 bridgehead atoms. The Morgan fingerprint density at radius 3 is 2.75 bits per heavy atom. The Bertz CT molecular complexity index is 920. The fourth-order valence-corrected chi connectivity index (χ4v) is 4.91. The second kappa shape index (κ2) is 9.50. The highest BCUT2D eigenvalue weighted by Gasteiger charge is 2.42. The first-order valence-electron chi connectivity index (χ1n) is 11.3. The van der Waals surface area contributed by atoms with Gasteiger partial charge >= 0.3 is 0 Å². The number of β-amino-alcohol motifs (C(OH)–C–C–N with tert-alkyl or cyclic N) is 1. The SMILES string of the molecule is CN1CCC(Cc2cccc(F)c2)(C(=O)NC[C@@]2(O)CCCN(c3cnccn3)C2)CC1. The average Bonchev–Trinajstić information content (AvgIpc) is 2.80. The zero-order valence-corrected chi connectivity index (χ0v) is 18.6. The highest BCUT2D eigenvalue weighted by Crippen LogP contribution is 2.36. The molecule has 0 unspecified atom stereocenters. The van der Waals surface area contributed by atoms with Crippen LogP contribution in [0.15, 0.2) is 42.9 Å². The summed E-state index contributed by atoms with van der Waals surface area (Å²) in [4.78, 5) is 26.2. The van der Waals surface area contributed by atoms with Crippen LogP contribution in [-0.2, 0) is 11.2 Å². The molecule has 32 heavy (non-hydrogen) atoms. The van der Waals surface area contributed by atoms with Gasteiger partial charge in [0.1, 0.15) is 11.6 Å². The Morgan fingerprint density at radius 2 is 2.03 bits per heavy atom. The van der Waals surface area contributed by atoms with Gasteiger partial charge in [-0.05, 0) is 69.9 Å². The van der Waals surface area contributed by atoms with Crippen LogP contribution in [0.2, 0.25) is 0 Å². The van der Waals surface area contributed by atoms with Crippen LogP contribution in [0.25, 0.3) is 0 Å². The van der Waals surface area contributed by atoms with E-state index in [-0.39, 0.29) is 18.3 Å². The van der Waals surface area contributed by atoms with E-state index in [1.807, 2.05) is 11.0 Å². The van der Waals surface area contributed by atoms with E-state index < -0.39 is 11.0 Å². The Morgan fingerprint density at radius 1 is 1.22 bits per heavy atom. The van der Waals surface area contributed by atoms with Gasteiger partial charge in [0.25, 0.3) is 0 Å². The van der Waals surface area contributed by atoms with Crippen molar-refractivity contribution >= 4 is 11.7 Å². The van der Waals surface area contributed by atoms with E-state index in [1.54, 1.807) is 24.7 Å². The van der Waals surface area contributed by atoms with Crippen molar-refractivity contribution in [3.8, 4) is 0 Å². The van der Waals surface area contributed by atoms with Gasteiger partial charge in [-0.15, -0.1) is 0 Å². The number of likely N-dealkylation sites (tertiary alicyclic amines) is 1. The summed E-state index contributed by atoms with van der Waals surface area (Å²) >= 11 is 0. The van der Waals surface area contributed by atoms with Crippen molar-refractivity contribution in [2.45, 2.75) is 37.7 Å². The smallest absolute Gasteiger partial charge is 0.226 e. The first-order chi connectivity index (χ1) is 15.4. The van der Waals surface area contributed by atoms with Crippen molar-refractivity contribution < 1.29 is 14.3 Å². The molecule has 8 heteroatoms. The largest absolute Gasteiger partial charge is 0.386 e. The number of benzene rings is 1. The number of amides is 1. The molecule has 2 aromatic rings. The van der Waals surface area contributed by atoms with Gasteiger partial charge in [-0.1, -0.05) is 12.1 Å². The van der Waals surface area contributed by atoms with Crippen LogP contribution < -0.4 is 10.2 Å². The third-order valence-electron chi connectivity index (χ3n) is 6.86. The lowest BCUT2D eigenvalue weighted by atomic mass is 9.73. The second-order valence-corrected chi connectivity index (χ2v) is 9.39. The van der Waals surface area contributed by atoms with Crippen molar-refractivity contribution in [1.29, 1.82) is 0 Å². The molecule has 2 N–H and O–H groups in total. The monoisotopic (exact) mass is 441 g/mol. The molecular weight excluding hydrogens is 409 g/mol. The van der Waals surface area contributed by atoms with Crippen molar-refractivity contribution in [2.75, 3.05) is 44.7 Å². The Hall–Kier alpha value is -2.58. The van der Waals surface area contributed by atoms with Crippen LogP contribution in [0.4, 0.5) is 10.2 Å². The van der Waals surface area contributed by atoms with Crippen molar-refractivity contribution in [3.63, 3.8) is 0 Å². The van der Waals surface area contributed by atoms with Crippen molar-refractivity contribution in [3.05, 3.63) is 54.2 Å². The molecule has 0 saturated carbocycles. The van der Waals surface area contributed by atoms with E-state index in [0.29, 0.717) is 32.2 Å². The predicted molar refractivity (Wildman–Crippen MR) is 121 cm³/mol. The molecule has 2 aliphatic heterocycles. The first-order valence-corrected chi connectivity index (χ1v) is 11.3. The minimum Gasteiger partial charge on any atom is -0.386 e. The third-order valence-corrected chi connectivity index (χ3v) is 6.86. The van der Waals surface area contributed by atoms with Crippen LogP contribution in [0, 0.1) is 11.2 Å². The molecule has 1 atom stereocenters. The summed E-state index contributed by atoms with van der Waals surface area (Å²) < 4.78 is 13.8. The molecular formula is C24H32FN5O2. The van der Waals surface area contributed by atoms with Gasteiger partial charge in [0.05, 0.1) is 17.2 Å². The summed E-state index contributed by atoms with van der Waals surface area (Å²) in [6, 6.07) is 6.51. The number of anilines is 1. The number of carbonyl (C=O) groups excluding carboxylic acids is 1. The van der Waals surface area contributed by atoms with Gasteiger partial charge in [-0.2, -0.15) is 0 Å². The molecule has 2 fully saturated rings. The van der Waals surface area contributed by atoms with Crippen LogP contribution in [0.3, 0.4) is 0 Å². The van der Waals surface area contributed by atoms with Crippen molar-refractivity contribution in [2.24, 2.45) is 5.41 Å². The highest BCUT2D eigenvalue weighted by atomic mass is 19.1. The van der Waals surface area contributed by atoms with E-state index in [1.165, 1.54) is 12.1 Å². The number of aromatic nitrogens is 2. The molecule has 1 aromatic heterocycles. The summed E-state index contributed by atoms with van der Waals surface area (Å²) in [7, 11) is 2.05. The van der Waals surface area contributed by atoms with E-state index in [4.69, 9.17) is 0 Å². The first kappa shape index (κ1) is 22.6. The zero-order valence-electron chi connectivity index (χ0n) is 18.6. The lowest BCUT2D eigenvalue weighted by Crippen LogP contribution is -2.57. The molecule has 172 valence electrons. The Balaban J connectivity index is 1.44. The lowest BCUT2D eigenvalue weighted by Gasteiger charge is -2.42. The van der Waals surface area contributed by atoms with Gasteiger partial charge in [-0.3, -0.25) is 9.78 Å². The summed E-state index contributed by atoms with van der Waals surface area (Å²) in [6.07, 6.45) is 8.28. The van der Waals surface area contributed by atoms with E-state index in [0.717, 1.165) is 37.4 Å². The quantitative estimate of drug-likeness (QED) is 0.714. The average molecular weight is 442 g/mol. The number of nitrogens with one attached hydrogen (secondary N) is 1. The molecule has 2 saturated heterocycles. The molecule has 0 radical (unpaired) electrons. The fourth-order valence-electron chi connectivity index (χ4n) is 4.91. The van der Waals surface area contributed by atoms with E-state index >= 15 is 0 Å². The number of hydrogen-bond acceptors (Lipinski definition) is 6. The number of carbonyl (C=O) groups is 1. The Kier molecular flexibility index (Phi) is 6.71. The number of nitrogens with zero attached hydrogens (tertiary/aromatic N) is 4. The topological polar surface area (TPSA) is 81.6 Å². The number of hydrogen-bond donors (Lipinski definition) is 2. The van der Waals surface area contributed by atoms with Gasteiger partial charge < -0.3 is 20.2 Å². The molecule has 3 heterocycles. The zero-order chi connectivity index (χ0) is 22.6. The number of rotatable bonds is 6. The summed E-state index contributed by atoms with van der Waals surface area (Å²) in [5.74, 6) is 0.390. The van der Waals surface area contributed by atoms with Gasteiger partial charge in [-0.25, -0.2) is 9.37 Å². The van der Waals surface area contributed by atoms with Gasteiger partial charge in [0, 0.05) is 32.0 Å². The summed E-state index contributed by atoms with van der Waals surface area (Å²) in [5.41, 5.74) is -0.803. The van der Waals surface area contributed by atoms with Crippen LogP contribution in [0.5, 0.6) is 0 Å². The van der Waals surface area contributed by atoms with E-state index in [9.17, 15) is 14.3 Å². The maximum atomic E-state index is 13.8.